The lowest BCUT2D eigenvalue weighted by molar-refractivity contribution is -0.121. The fraction of sp³-hybridized carbons (Fsp3) is 0.273. The van der Waals surface area contributed by atoms with Crippen molar-refractivity contribution in [3.63, 3.8) is 0 Å². The van der Waals surface area contributed by atoms with Crippen LogP contribution in [0.15, 0.2) is 54.9 Å². The molecule has 29 heavy (non-hydrogen) atoms. The summed E-state index contributed by atoms with van der Waals surface area (Å²) < 4.78 is 0. The average molecular weight is 389 g/mol. The van der Waals surface area contributed by atoms with E-state index in [1.807, 2.05) is 43.3 Å². The van der Waals surface area contributed by atoms with Crippen molar-refractivity contribution in [2.75, 3.05) is 18.4 Å². The first-order valence-corrected chi connectivity index (χ1v) is 9.73. The van der Waals surface area contributed by atoms with Gasteiger partial charge in [-0.05, 0) is 50.1 Å². The Morgan fingerprint density at radius 1 is 1.14 bits per heavy atom. The highest BCUT2D eigenvalue weighted by Crippen LogP contribution is 2.22. The van der Waals surface area contributed by atoms with Gasteiger partial charge in [0, 0.05) is 42.7 Å². The molecule has 2 aromatic heterocycles. The Balaban J connectivity index is 1.33. The Bertz CT molecular complexity index is 990. The van der Waals surface area contributed by atoms with Crippen LogP contribution in [0.25, 0.3) is 11.3 Å². The number of aromatic nitrogens is 3. The van der Waals surface area contributed by atoms with Gasteiger partial charge in [-0.2, -0.15) is 5.10 Å². The molecular weight excluding hydrogens is 366 g/mol. The zero-order chi connectivity index (χ0) is 20.2. The third-order valence-corrected chi connectivity index (χ3v) is 5.24. The Kier molecular flexibility index (Phi) is 5.37. The topological polar surface area (TPSA) is 91.0 Å². The zero-order valence-electron chi connectivity index (χ0n) is 16.3. The fourth-order valence-electron chi connectivity index (χ4n) is 3.49. The number of nitrogens with one attached hydrogen (secondary N) is 2. The molecule has 2 N–H and O–H groups in total. The van der Waals surface area contributed by atoms with Crippen molar-refractivity contribution < 1.29 is 9.59 Å². The minimum absolute atomic E-state index is 0.0151. The number of rotatable bonds is 4. The second kappa shape index (κ2) is 8.26. The maximum Gasteiger partial charge on any atom is 0.271 e. The molecule has 7 nitrogen and oxygen atoms in total. The molecule has 148 valence electrons. The summed E-state index contributed by atoms with van der Waals surface area (Å²) in [6, 6.07) is 13.2. The second-order valence-corrected chi connectivity index (χ2v) is 7.33. The van der Waals surface area contributed by atoms with Crippen molar-refractivity contribution in [2.45, 2.75) is 19.8 Å². The van der Waals surface area contributed by atoms with Gasteiger partial charge in [0.05, 0.1) is 5.69 Å². The first kappa shape index (κ1) is 18.9. The van der Waals surface area contributed by atoms with Crippen molar-refractivity contribution in [1.29, 1.82) is 0 Å². The van der Waals surface area contributed by atoms with E-state index in [2.05, 4.69) is 20.5 Å². The number of hydrogen-bond donors (Lipinski definition) is 2. The number of benzene rings is 1. The number of likely N-dealkylation sites (tertiary alicyclic amines) is 1. The molecule has 1 aromatic carbocycles. The van der Waals surface area contributed by atoms with Crippen LogP contribution in [0.1, 0.15) is 28.9 Å². The Labute approximate surface area is 169 Å². The molecule has 1 aliphatic rings. The largest absolute Gasteiger partial charge is 0.337 e. The molecule has 2 amide bonds. The number of pyridine rings is 1. The van der Waals surface area contributed by atoms with E-state index in [0.717, 1.165) is 16.8 Å². The van der Waals surface area contributed by atoms with Crippen LogP contribution < -0.4 is 5.32 Å². The van der Waals surface area contributed by atoms with E-state index in [1.165, 1.54) is 0 Å². The van der Waals surface area contributed by atoms with Crippen LogP contribution in [-0.4, -0.2) is 45.0 Å². The molecule has 0 bridgehead atoms. The number of hydrogen-bond acceptors (Lipinski definition) is 4. The fourth-order valence-corrected chi connectivity index (χ4v) is 3.49. The monoisotopic (exact) mass is 389 g/mol. The van der Waals surface area contributed by atoms with E-state index in [0.29, 0.717) is 37.3 Å². The molecule has 0 atom stereocenters. The SMILES string of the molecule is Cc1ccc(NC(=O)C2CCN(C(=O)c3cc(-c4cccnc4)n[nH]3)CC2)cc1. The van der Waals surface area contributed by atoms with E-state index < -0.39 is 0 Å². The van der Waals surface area contributed by atoms with Gasteiger partial charge < -0.3 is 10.2 Å². The Morgan fingerprint density at radius 2 is 1.90 bits per heavy atom. The molecule has 0 unspecified atom stereocenters. The molecule has 3 heterocycles. The van der Waals surface area contributed by atoms with E-state index >= 15 is 0 Å². The summed E-state index contributed by atoms with van der Waals surface area (Å²) in [4.78, 5) is 31.2. The van der Waals surface area contributed by atoms with Gasteiger partial charge in [0.25, 0.3) is 5.91 Å². The molecule has 0 saturated carbocycles. The second-order valence-electron chi connectivity index (χ2n) is 7.33. The molecule has 0 spiro atoms. The molecule has 0 aliphatic carbocycles. The van der Waals surface area contributed by atoms with E-state index in [4.69, 9.17) is 0 Å². The Morgan fingerprint density at radius 3 is 2.59 bits per heavy atom. The molecule has 7 heteroatoms. The predicted octanol–water partition coefficient (Wildman–Crippen LogP) is 3.27. The smallest absolute Gasteiger partial charge is 0.271 e. The number of aromatic amines is 1. The van der Waals surface area contributed by atoms with Crippen molar-refractivity contribution >= 4 is 17.5 Å². The molecule has 1 fully saturated rings. The lowest BCUT2D eigenvalue weighted by atomic mass is 9.95. The molecule has 0 radical (unpaired) electrons. The van der Waals surface area contributed by atoms with Gasteiger partial charge in [-0.25, -0.2) is 0 Å². The van der Waals surface area contributed by atoms with Crippen LogP contribution in [0.5, 0.6) is 0 Å². The van der Waals surface area contributed by atoms with E-state index in [-0.39, 0.29) is 17.7 Å². The number of H-pyrrole nitrogens is 1. The van der Waals surface area contributed by atoms with Gasteiger partial charge in [-0.3, -0.25) is 19.7 Å². The highest BCUT2D eigenvalue weighted by molar-refractivity contribution is 5.95. The maximum atomic E-state index is 12.8. The third-order valence-electron chi connectivity index (χ3n) is 5.24. The summed E-state index contributed by atoms with van der Waals surface area (Å²) in [6.45, 7) is 3.11. The van der Waals surface area contributed by atoms with Gasteiger partial charge in [0.15, 0.2) is 0 Å². The quantitative estimate of drug-likeness (QED) is 0.716. The van der Waals surface area contributed by atoms with Gasteiger partial charge >= 0.3 is 0 Å². The summed E-state index contributed by atoms with van der Waals surface area (Å²) >= 11 is 0. The van der Waals surface area contributed by atoms with Gasteiger partial charge in [0.2, 0.25) is 5.91 Å². The summed E-state index contributed by atoms with van der Waals surface area (Å²) in [5.41, 5.74) is 3.95. The van der Waals surface area contributed by atoms with Crippen LogP contribution in [0.3, 0.4) is 0 Å². The minimum atomic E-state index is -0.0926. The molecule has 1 saturated heterocycles. The van der Waals surface area contributed by atoms with Gasteiger partial charge in [0.1, 0.15) is 5.69 Å². The zero-order valence-corrected chi connectivity index (χ0v) is 16.3. The highest BCUT2D eigenvalue weighted by atomic mass is 16.2. The molecular formula is C22H23N5O2. The number of anilines is 1. The number of carbonyl (C=O) groups excluding carboxylic acids is 2. The highest BCUT2D eigenvalue weighted by Gasteiger charge is 2.28. The van der Waals surface area contributed by atoms with Crippen molar-refractivity contribution in [1.82, 2.24) is 20.1 Å². The molecule has 1 aliphatic heterocycles. The summed E-state index contributed by atoms with van der Waals surface area (Å²) in [5, 5.41) is 10.0. The van der Waals surface area contributed by atoms with Gasteiger partial charge in [-0.1, -0.05) is 17.7 Å². The normalized spacial score (nSPS) is 14.6. The number of carbonyl (C=O) groups is 2. The van der Waals surface area contributed by atoms with Crippen LogP contribution in [-0.2, 0) is 4.79 Å². The van der Waals surface area contributed by atoms with Crippen molar-refractivity contribution in [3.05, 3.63) is 66.1 Å². The standard InChI is InChI=1S/C22H23N5O2/c1-15-4-6-18(7-5-15)24-21(28)16-8-11-27(12-9-16)22(29)20-13-19(25-26-20)17-3-2-10-23-14-17/h2-7,10,13-14,16H,8-9,11-12H2,1H3,(H,24,28)(H,25,26). The van der Waals surface area contributed by atoms with Crippen LogP contribution in [0, 0.1) is 12.8 Å². The van der Waals surface area contributed by atoms with E-state index in [1.54, 1.807) is 23.4 Å². The first-order valence-electron chi connectivity index (χ1n) is 9.73. The minimum Gasteiger partial charge on any atom is -0.337 e. The van der Waals surface area contributed by atoms with Crippen molar-refractivity contribution in [2.24, 2.45) is 5.92 Å². The first-order chi connectivity index (χ1) is 14.1. The summed E-state index contributed by atoms with van der Waals surface area (Å²) in [6.07, 6.45) is 4.70. The predicted molar refractivity (Wildman–Crippen MR) is 110 cm³/mol. The number of aryl methyl sites for hydroxylation is 1. The summed E-state index contributed by atoms with van der Waals surface area (Å²) in [5.74, 6) is -0.167. The van der Waals surface area contributed by atoms with Crippen molar-refractivity contribution in [3.8, 4) is 11.3 Å². The molecule has 3 aromatic rings. The third kappa shape index (κ3) is 4.34. The lowest BCUT2D eigenvalue weighted by Gasteiger charge is -2.31. The van der Waals surface area contributed by atoms with Crippen LogP contribution in [0.4, 0.5) is 5.69 Å². The van der Waals surface area contributed by atoms with E-state index in [9.17, 15) is 9.59 Å². The number of piperidine rings is 1. The summed E-state index contributed by atoms with van der Waals surface area (Å²) in [7, 11) is 0. The van der Waals surface area contributed by atoms with Crippen LogP contribution in [0.2, 0.25) is 0 Å². The lowest BCUT2D eigenvalue weighted by Crippen LogP contribution is -2.41. The van der Waals surface area contributed by atoms with Gasteiger partial charge in [-0.15, -0.1) is 0 Å². The molecule has 4 rings (SSSR count). The average Bonchev–Trinajstić information content (AvgIpc) is 3.26. The Hall–Kier alpha value is -3.48. The number of amides is 2. The number of nitrogens with zero attached hydrogens (tertiary/aromatic N) is 3. The van der Waals surface area contributed by atoms with Crippen LogP contribution >= 0.6 is 0 Å². The maximum absolute atomic E-state index is 12.8.